The number of aromatic nitrogens is 2. The average molecular weight is 264 g/mol. The number of nitrogens with zero attached hydrogens (tertiary/aromatic N) is 4. The first-order chi connectivity index (χ1) is 9.76. The summed E-state index contributed by atoms with van der Waals surface area (Å²) >= 11 is 0. The van der Waals surface area contributed by atoms with Crippen molar-refractivity contribution in [2.75, 3.05) is 0 Å². The van der Waals surface area contributed by atoms with E-state index in [9.17, 15) is 0 Å². The maximum atomic E-state index is 8.88. The molecule has 0 atom stereocenters. The molecule has 0 saturated heterocycles. The van der Waals surface area contributed by atoms with Crippen LogP contribution in [0.3, 0.4) is 0 Å². The van der Waals surface area contributed by atoms with E-state index in [1.807, 2.05) is 18.3 Å². The highest BCUT2D eigenvalue weighted by molar-refractivity contribution is 5.29. The van der Waals surface area contributed by atoms with Gasteiger partial charge in [-0.1, -0.05) is 13.5 Å². The number of hydrogen-bond acceptors (Lipinski definition) is 3. The van der Waals surface area contributed by atoms with Crippen LogP contribution in [0, 0.1) is 11.3 Å². The van der Waals surface area contributed by atoms with E-state index in [-0.39, 0.29) is 0 Å². The molecule has 0 saturated carbocycles. The van der Waals surface area contributed by atoms with E-state index < -0.39 is 0 Å². The fourth-order valence-electron chi connectivity index (χ4n) is 1.85. The number of rotatable bonds is 4. The lowest BCUT2D eigenvalue weighted by Crippen LogP contribution is -2.16. The molecule has 0 aromatic carbocycles. The summed E-state index contributed by atoms with van der Waals surface area (Å²) in [5, 5.41) is 8.88. The molecule has 20 heavy (non-hydrogen) atoms. The second kappa shape index (κ2) is 6.48. The Hall–Kier alpha value is -2.67. The van der Waals surface area contributed by atoms with Crippen molar-refractivity contribution < 1.29 is 0 Å². The molecular weight excluding hydrogens is 248 g/mol. The van der Waals surface area contributed by atoms with Crippen LogP contribution in [-0.4, -0.2) is 9.55 Å². The van der Waals surface area contributed by atoms with Gasteiger partial charge in [0.15, 0.2) is 0 Å². The van der Waals surface area contributed by atoms with Crippen LogP contribution in [-0.2, 0) is 13.0 Å². The quantitative estimate of drug-likeness (QED) is 0.852. The Morgan fingerprint density at radius 2 is 2.30 bits per heavy atom. The molecule has 4 heteroatoms. The molecule has 2 aromatic rings. The second-order valence-corrected chi connectivity index (χ2v) is 4.30. The van der Waals surface area contributed by atoms with Crippen molar-refractivity contribution in [1.82, 2.24) is 9.55 Å². The highest BCUT2D eigenvalue weighted by Crippen LogP contribution is 2.03. The molecular formula is C16H16N4. The van der Waals surface area contributed by atoms with Gasteiger partial charge in [-0.3, -0.25) is 9.98 Å². The Morgan fingerprint density at radius 1 is 1.45 bits per heavy atom. The van der Waals surface area contributed by atoms with Crippen LogP contribution in [0.1, 0.15) is 23.7 Å². The number of aryl methyl sites for hydroxylation is 1. The summed E-state index contributed by atoms with van der Waals surface area (Å²) in [6.45, 7) is 6.39. The van der Waals surface area contributed by atoms with Crippen molar-refractivity contribution >= 4 is 6.20 Å². The molecule has 0 amide bonds. The normalized spacial score (nSPS) is 11.1. The SMILES string of the molecule is C=Cn1cc(C#N)ccc1=NCc1ccnc(CC)c1. The van der Waals surface area contributed by atoms with Crippen LogP contribution in [0.4, 0.5) is 0 Å². The third kappa shape index (κ3) is 3.21. The van der Waals surface area contributed by atoms with Gasteiger partial charge >= 0.3 is 0 Å². The molecule has 0 unspecified atom stereocenters. The van der Waals surface area contributed by atoms with Gasteiger partial charge in [0.2, 0.25) is 0 Å². The molecule has 0 aliphatic rings. The summed E-state index contributed by atoms with van der Waals surface area (Å²) in [6.07, 6.45) is 6.08. The number of nitriles is 1. The van der Waals surface area contributed by atoms with Crippen LogP contribution in [0.5, 0.6) is 0 Å². The first-order valence-electron chi connectivity index (χ1n) is 6.46. The third-order valence-corrected chi connectivity index (χ3v) is 2.95. The van der Waals surface area contributed by atoms with E-state index in [1.165, 1.54) is 0 Å². The van der Waals surface area contributed by atoms with Gasteiger partial charge in [0.25, 0.3) is 0 Å². The summed E-state index contributed by atoms with van der Waals surface area (Å²) in [6, 6.07) is 9.70. The van der Waals surface area contributed by atoms with Crippen molar-refractivity contribution in [3.8, 4) is 6.07 Å². The lowest BCUT2D eigenvalue weighted by Gasteiger charge is -2.03. The molecule has 0 aliphatic carbocycles. The number of pyridine rings is 2. The van der Waals surface area contributed by atoms with E-state index in [0.717, 1.165) is 23.2 Å². The minimum Gasteiger partial charge on any atom is -0.308 e. The van der Waals surface area contributed by atoms with Gasteiger partial charge in [0.1, 0.15) is 11.6 Å². The highest BCUT2D eigenvalue weighted by Gasteiger charge is 1.96. The zero-order valence-electron chi connectivity index (χ0n) is 11.5. The smallest absolute Gasteiger partial charge is 0.132 e. The fourth-order valence-corrected chi connectivity index (χ4v) is 1.85. The number of hydrogen-bond donors (Lipinski definition) is 0. The van der Waals surface area contributed by atoms with Gasteiger partial charge in [0, 0.05) is 24.3 Å². The maximum Gasteiger partial charge on any atom is 0.132 e. The van der Waals surface area contributed by atoms with Gasteiger partial charge in [-0.05, 0) is 36.2 Å². The summed E-state index contributed by atoms with van der Waals surface area (Å²) in [4.78, 5) is 8.82. The molecule has 100 valence electrons. The minimum absolute atomic E-state index is 0.579. The monoisotopic (exact) mass is 264 g/mol. The Morgan fingerprint density at radius 3 is 3.00 bits per heavy atom. The van der Waals surface area contributed by atoms with Crippen molar-refractivity contribution in [3.63, 3.8) is 0 Å². The summed E-state index contributed by atoms with van der Waals surface area (Å²) < 4.78 is 1.75. The van der Waals surface area contributed by atoms with Crippen molar-refractivity contribution in [2.24, 2.45) is 4.99 Å². The van der Waals surface area contributed by atoms with Crippen LogP contribution in [0.15, 0.2) is 48.2 Å². The molecule has 0 N–H and O–H groups in total. The van der Waals surface area contributed by atoms with E-state index in [4.69, 9.17) is 5.26 Å². The molecule has 4 nitrogen and oxygen atoms in total. The Labute approximate surface area is 118 Å². The van der Waals surface area contributed by atoms with Gasteiger partial charge in [-0.2, -0.15) is 5.26 Å². The van der Waals surface area contributed by atoms with Crippen LogP contribution >= 0.6 is 0 Å². The molecule has 2 rings (SSSR count). The highest BCUT2D eigenvalue weighted by atomic mass is 15.0. The molecule has 2 aromatic heterocycles. The fraction of sp³-hybridized carbons (Fsp3) is 0.188. The average Bonchev–Trinajstić information content (AvgIpc) is 2.52. The standard InChI is InChI=1S/C16H16N4/c1-3-15-9-13(7-8-18-15)11-19-16-6-5-14(10-17)12-20(16)4-2/h4-9,12H,2-3,11H2,1H3. The third-order valence-electron chi connectivity index (χ3n) is 2.95. The second-order valence-electron chi connectivity index (χ2n) is 4.30. The van der Waals surface area contributed by atoms with Crippen LogP contribution < -0.4 is 5.49 Å². The zero-order chi connectivity index (χ0) is 14.4. The van der Waals surface area contributed by atoms with E-state index >= 15 is 0 Å². The predicted octanol–water partition coefficient (Wildman–Crippen LogP) is 2.52. The molecule has 2 heterocycles. The summed E-state index contributed by atoms with van der Waals surface area (Å²) in [5.41, 5.74) is 3.54. The molecule has 0 aliphatic heterocycles. The van der Waals surface area contributed by atoms with Crippen LogP contribution in [0.25, 0.3) is 6.20 Å². The van der Waals surface area contributed by atoms with Crippen LogP contribution in [0.2, 0.25) is 0 Å². The van der Waals surface area contributed by atoms with Gasteiger partial charge in [-0.15, -0.1) is 0 Å². The molecule has 0 spiro atoms. The Balaban J connectivity index is 2.31. The van der Waals surface area contributed by atoms with Gasteiger partial charge in [-0.25, -0.2) is 0 Å². The topological polar surface area (TPSA) is 54.0 Å². The maximum absolute atomic E-state index is 8.88. The molecule has 0 fully saturated rings. The molecule has 0 radical (unpaired) electrons. The van der Waals surface area contributed by atoms with Crippen molar-refractivity contribution in [3.05, 3.63) is 65.5 Å². The summed E-state index contributed by atoms with van der Waals surface area (Å²) in [5.74, 6) is 0. The summed E-state index contributed by atoms with van der Waals surface area (Å²) in [7, 11) is 0. The van der Waals surface area contributed by atoms with E-state index in [0.29, 0.717) is 12.1 Å². The van der Waals surface area contributed by atoms with E-state index in [1.54, 1.807) is 23.0 Å². The first kappa shape index (κ1) is 13.8. The minimum atomic E-state index is 0.579. The Kier molecular flexibility index (Phi) is 4.46. The zero-order valence-corrected chi connectivity index (χ0v) is 11.5. The van der Waals surface area contributed by atoms with Crippen molar-refractivity contribution in [2.45, 2.75) is 19.9 Å². The Bertz CT molecular complexity index is 720. The largest absolute Gasteiger partial charge is 0.308 e. The van der Waals surface area contributed by atoms with Crippen molar-refractivity contribution in [1.29, 1.82) is 5.26 Å². The van der Waals surface area contributed by atoms with Gasteiger partial charge < -0.3 is 4.57 Å². The lowest BCUT2D eigenvalue weighted by atomic mass is 10.2. The lowest BCUT2D eigenvalue weighted by molar-refractivity contribution is 0.902. The van der Waals surface area contributed by atoms with E-state index in [2.05, 4.69) is 35.6 Å². The first-order valence-corrected chi connectivity index (χ1v) is 6.46. The van der Waals surface area contributed by atoms with Gasteiger partial charge in [0.05, 0.1) is 12.1 Å². The predicted molar refractivity (Wildman–Crippen MR) is 78.4 cm³/mol. The molecule has 0 bridgehead atoms.